The zero-order valence-corrected chi connectivity index (χ0v) is 12.4. The van der Waals surface area contributed by atoms with Crippen LogP contribution < -0.4 is 15.8 Å². The van der Waals surface area contributed by atoms with Gasteiger partial charge < -0.3 is 21.3 Å². The van der Waals surface area contributed by atoms with Gasteiger partial charge in [0.05, 0.1) is 12.3 Å². The van der Waals surface area contributed by atoms with Crippen molar-refractivity contribution in [3.8, 4) is 11.5 Å². The maximum absolute atomic E-state index is 11.7. The molecular weight excluding hydrogens is 298 g/mol. The quantitative estimate of drug-likeness (QED) is 0.310. The second-order valence-corrected chi connectivity index (χ2v) is 6.42. The van der Waals surface area contributed by atoms with Crippen molar-refractivity contribution in [2.75, 3.05) is 19.3 Å². The summed E-state index contributed by atoms with van der Waals surface area (Å²) < 4.78 is 23.9. The molecule has 0 spiro atoms. The molecule has 0 bridgehead atoms. The fourth-order valence-electron chi connectivity index (χ4n) is 1.60. The molecule has 0 unspecified atom stereocenters. The van der Waals surface area contributed by atoms with Crippen molar-refractivity contribution in [2.24, 2.45) is 5.73 Å². The first-order chi connectivity index (χ1) is 9.69. The van der Waals surface area contributed by atoms with Gasteiger partial charge >= 0.3 is 0 Å². The highest BCUT2D eigenvalue weighted by atomic mass is 32.2. The molecule has 1 atom stereocenters. The Kier molecular flexibility index (Phi) is 5.94. The summed E-state index contributed by atoms with van der Waals surface area (Å²) in [4.78, 5) is 11.7. The van der Waals surface area contributed by atoms with Crippen LogP contribution in [0.15, 0.2) is 18.2 Å². The molecule has 118 valence electrons. The first kappa shape index (κ1) is 17.2. The third-order valence-electron chi connectivity index (χ3n) is 2.62. The summed E-state index contributed by atoms with van der Waals surface area (Å²) >= 11 is 0. The average Bonchev–Trinajstić information content (AvgIpc) is 2.37. The van der Waals surface area contributed by atoms with Gasteiger partial charge in [-0.1, -0.05) is 6.07 Å². The number of phenols is 2. The summed E-state index contributed by atoms with van der Waals surface area (Å²) in [5.74, 6) is -0.959. The van der Waals surface area contributed by atoms with E-state index in [0.717, 1.165) is 6.26 Å². The number of aromatic hydroxyl groups is 2. The number of carbonyl (C=O) groups excluding carboxylic acids is 1. The highest BCUT2D eigenvalue weighted by Crippen LogP contribution is 2.25. The van der Waals surface area contributed by atoms with Gasteiger partial charge in [0.2, 0.25) is 15.9 Å². The van der Waals surface area contributed by atoms with Crippen molar-refractivity contribution < 1.29 is 23.4 Å². The maximum Gasteiger partial charge on any atom is 0.237 e. The number of nitrogens with one attached hydrogen (secondary N) is 2. The Morgan fingerprint density at radius 3 is 2.52 bits per heavy atom. The Balaban J connectivity index is 2.42. The molecule has 0 aliphatic heterocycles. The van der Waals surface area contributed by atoms with Crippen LogP contribution in [-0.2, 0) is 21.2 Å². The molecule has 0 aliphatic rings. The Morgan fingerprint density at radius 2 is 1.95 bits per heavy atom. The predicted octanol–water partition coefficient (Wildman–Crippen LogP) is -1.37. The molecule has 0 heterocycles. The highest BCUT2D eigenvalue weighted by molar-refractivity contribution is 7.88. The van der Waals surface area contributed by atoms with Gasteiger partial charge in [-0.25, -0.2) is 13.1 Å². The van der Waals surface area contributed by atoms with Gasteiger partial charge in [0, 0.05) is 13.1 Å². The summed E-state index contributed by atoms with van der Waals surface area (Å²) in [5, 5.41) is 21.0. The van der Waals surface area contributed by atoms with Crippen LogP contribution in [0.25, 0.3) is 0 Å². The predicted molar refractivity (Wildman–Crippen MR) is 77.3 cm³/mol. The van der Waals surface area contributed by atoms with E-state index in [1.807, 2.05) is 0 Å². The standard InChI is InChI=1S/C12H19N3O5S/c1-21(19,20)15-5-4-14-12(18)9(13)6-8-2-3-10(16)11(17)7-8/h2-3,7,9,15-17H,4-6,13H2,1H3,(H,14,18)/t9-/m0/s1. The molecule has 9 heteroatoms. The van der Waals surface area contributed by atoms with Crippen LogP contribution in [0.4, 0.5) is 0 Å². The van der Waals surface area contributed by atoms with Gasteiger partial charge in [0.15, 0.2) is 11.5 Å². The molecule has 0 radical (unpaired) electrons. The third-order valence-corrected chi connectivity index (χ3v) is 3.35. The summed E-state index contributed by atoms with van der Waals surface area (Å²) in [6, 6.07) is 3.35. The summed E-state index contributed by atoms with van der Waals surface area (Å²) in [7, 11) is -3.28. The topological polar surface area (TPSA) is 142 Å². The van der Waals surface area contributed by atoms with Crippen LogP contribution >= 0.6 is 0 Å². The van der Waals surface area contributed by atoms with E-state index in [4.69, 9.17) is 5.73 Å². The lowest BCUT2D eigenvalue weighted by Crippen LogP contribution is -2.44. The van der Waals surface area contributed by atoms with Gasteiger partial charge in [0.25, 0.3) is 0 Å². The molecule has 0 saturated carbocycles. The first-order valence-corrected chi connectivity index (χ1v) is 8.07. The second kappa shape index (κ2) is 7.25. The van der Waals surface area contributed by atoms with Crippen molar-refractivity contribution in [3.63, 3.8) is 0 Å². The molecule has 1 aromatic carbocycles. The van der Waals surface area contributed by atoms with Crippen molar-refractivity contribution in [3.05, 3.63) is 23.8 Å². The lowest BCUT2D eigenvalue weighted by Gasteiger charge is -2.13. The number of rotatable bonds is 7. The molecule has 6 N–H and O–H groups in total. The Labute approximate surface area is 123 Å². The molecule has 21 heavy (non-hydrogen) atoms. The Bertz CT molecular complexity index is 603. The number of nitrogens with two attached hydrogens (primary N) is 1. The van der Waals surface area contributed by atoms with E-state index in [-0.39, 0.29) is 31.0 Å². The number of benzene rings is 1. The number of hydrogen-bond donors (Lipinski definition) is 5. The monoisotopic (exact) mass is 317 g/mol. The van der Waals surface area contributed by atoms with Gasteiger partial charge in [-0.2, -0.15) is 0 Å². The number of sulfonamides is 1. The molecule has 1 amide bonds. The SMILES string of the molecule is CS(=O)(=O)NCCNC(=O)[C@@H](N)Cc1ccc(O)c(O)c1. The number of amides is 1. The molecule has 0 aliphatic carbocycles. The molecule has 1 rings (SSSR count). The van der Waals surface area contributed by atoms with Gasteiger partial charge in [-0.3, -0.25) is 4.79 Å². The van der Waals surface area contributed by atoms with Gasteiger partial charge in [-0.15, -0.1) is 0 Å². The van der Waals surface area contributed by atoms with Crippen molar-refractivity contribution >= 4 is 15.9 Å². The molecule has 0 fully saturated rings. The van der Waals surface area contributed by atoms with E-state index in [9.17, 15) is 23.4 Å². The normalized spacial score (nSPS) is 12.9. The van der Waals surface area contributed by atoms with Crippen molar-refractivity contribution in [2.45, 2.75) is 12.5 Å². The minimum Gasteiger partial charge on any atom is -0.504 e. The highest BCUT2D eigenvalue weighted by Gasteiger charge is 2.14. The summed E-state index contributed by atoms with van der Waals surface area (Å²) in [5.41, 5.74) is 6.31. The smallest absolute Gasteiger partial charge is 0.237 e. The number of hydrogen-bond acceptors (Lipinski definition) is 6. The van der Waals surface area contributed by atoms with E-state index in [2.05, 4.69) is 10.0 Å². The summed E-state index contributed by atoms with van der Waals surface area (Å²) in [6.07, 6.45) is 1.21. The van der Waals surface area contributed by atoms with Crippen molar-refractivity contribution in [1.29, 1.82) is 0 Å². The van der Waals surface area contributed by atoms with Crippen LogP contribution in [0.5, 0.6) is 11.5 Å². The van der Waals surface area contributed by atoms with Crippen LogP contribution in [0, 0.1) is 0 Å². The van der Waals surface area contributed by atoms with E-state index in [0.29, 0.717) is 5.56 Å². The summed E-state index contributed by atoms with van der Waals surface area (Å²) in [6.45, 7) is 0.206. The Morgan fingerprint density at radius 1 is 1.29 bits per heavy atom. The lowest BCUT2D eigenvalue weighted by atomic mass is 10.1. The molecular formula is C12H19N3O5S. The number of phenolic OH excluding ortho intramolecular Hbond substituents is 2. The van der Waals surface area contributed by atoms with Gasteiger partial charge in [-0.05, 0) is 24.1 Å². The molecule has 1 aromatic rings. The Hall–Kier alpha value is -1.84. The fourth-order valence-corrected chi connectivity index (χ4v) is 2.07. The maximum atomic E-state index is 11.7. The van der Waals surface area contributed by atoms with E-state index in [1.165, 1.54) is 12.1 Å². The zero-order chi connectivity index (χ0) is 16.0. The third kappa shape index (κ3) is 6.43. The van der Waals surface area contributed by atoms with E-state index in [1.54, 1.807) is 6.07 Å². The average molecular weight is 317 g/mol. The van der Waals surface area contributed by atoms with E-state index >= 15 is 0 Å². The minimum atomic E-state index is -3.28. The van der Waals surface area contributed by atoms with E-state index < -0.39 is 22.0 Å². The molecule has 8 nitrogen and oxygen atoms in total. The van der Waals surface area contributed by atoms with Crippen LogP contribution in [0.1, 0.15) is 5.56 Å². The first-order valence-electron chi connectivity index (χ1n) is 6.18. The minimum absolute atomic E-state index is 0.0806. The fraction of sp³-hybridized carbons (Fsp3) is 0.417. The van der Waals surface area contributed by atoms with Crippen molar-refractivity contribution in [1.82, 2.24) is 10.0 Å². The largest absolute Gasteiger partial charge is 0.504 e. The van der Waals surface area contributed by atoms with Crippen LogP contribution in [0.2, 0.25) is 0 Å². The van der Waals surface area contributed by atoms with Gasteiger partial charge in [0.1, 0.15) is 0 Å². The molecule has 0 saturated heterocycles. The lowest BCUT2D eigenvalue weighted by molar-refractivity contribution is -0.122. The molecule has 0 aromatic heterocycles. The number of carbonyl (C=O) groups is 1. The van der Waals surface area contributed by atoms with Crippen LogP contribution in [0.3, 0.4) is 0 Å². The zero-order valence-electron chi connectivity index (χ0n) is 11.5. The second-order valence-electron chi connectivity index (χ2n) is 4.59. The van der Waals surface area contributed by atoms with Crippen LogP contribution in [-0.4, -0.2) is 49.9 Å².